The van der Waals surface area contributed by atoms with Crippen LogP contribution >= 0.6 is 0 Å². The van der Waals surface area contributed by atoms with Gasteiger partial charge in [0, 0.05) is 24.5 Å². The molecule has 0 unspecified atom stereocenters. The zero-order chi connectivity index (χ0) is 14.4. The predicted molar refractivity (Wildman–Crippen MR) is 78.0 cm³/mol. The van der Waals surface area contributed by atoms with Crippen LogP contribution in [0.4, 0.5) is 0 Å². The number of methoxy groups -OCH3 is 1. The van der Waals surface area contributed by atoms with E-state index in [9.17, 15) is 4.79 Å². The van der Waals surface area contributed by atoms with E-state index in [1.807, 2.05) is 31.2 Å². The van der Waals surface area contributed by atoms with Crippen LogP contribution in [0.1, 0.15) is 21.5 Å². The molecular weight excluding hydrogens is 252 g/mol. The SMILES string of the molecule is COc1ccc(C(=O)CNCc2cccnc2)cc1C. The van der Waals surface area contributed by atoms with Crippen LogP contribution in [0.15, 0.2) is 42.7 Å². The molecule has 0 bridgehead atoms. The van der Waals surface area contributed by atoms with E-state index in [1.54, 1.807) is 25.6 Å². The van der Waals surface area contributed by atoms with Crippen molar-refractivity contribution in [2.24, 2.45) is 0 Å². The van der Waals surface area contributed by atoms with Gasteiger partial charge in [-0.2, -0.15) is 0 Å². The molecule has 104 valence electrons. The fourth-order valence-corrected chi connectivity index (χ4v) is 1.98. The minimum Gasteiger partial charge on any atom is -0.496 e. The molecule has 0 saturated heterocycles. The molecule has 1 heterocycles. The van der Waals surface area contributed by atoms with Crippen molar-refractivity contribution in [1.29, 1.82) is 0 Å². The largest absolute Gasteiger partial charge is 0.496 e. The number of carbonyl (C=O) groups excluding carboxylic acids is 1. The first-order valence-electron chi connectivity index (χ1n) is 6.48. The second-order valence-electron chi connectivity index (χ2n) is 4.57. The lowest BCUT2D eigenvalue weighted by Gasteiger charge is -2.07. The van der Waals surface area contributed by atoms with E-state index >= 15 is 0 Å². The average molecular weight is 270 g/mol. The smallest absolute Gasteiger partial charge is 0.176 e. The summed E-state index contributed by atoms with van der Waals surface area (Å²) in [5.41, 5.74) is 2.72. The van der Waals surface area contributed by atoms with Gasteiger partial charge >= 0.3 is 0 Å². The first-order chi connectivity index (χ1) is 9.70. The number of carbonyl (C=O) groups is 1. The molecule has 0 aliphatic carbocycles. The summed E-state index contributed by atoms with van der Waals surface area (Å²) in [6, 6.07) is 9.32. The standard InChI is InChI=1S/C16H18N2O2/c1-12-8-14(5-6-16(12)20-2)15(19)11-18-10-13-4-3-7-17-9-13/h3-9,18H,10-11H2,1-2H3. The predicted octanol–water partition coefficient (Wildman–Crippen LogP) is 2.37. The van der Waals surface area contributed by atoms with Crippen LogP contribution in [-0.4, -0.2) is 24.4 Å². The Hall–Kier alpha value is -2.20. The highest BCUT2D eigenvalue weighted by Gasteiger charge is 2.07. The fourth-order valence-electron chi connectivity index (χ4n) is 1.98. The molecule has 2 rings (SSSR count). The maximum absolute atomic E-state index is 12.1. The van der Waals surface area contributed by atoms with E-state index in [2.05, 4.69) is 10.3 Å². The van der Waals surface area contributed by atoms with Crippen LogP contribution in [0, 0.1) is 6.92 Å². The minimum absolute atomic E-state index is 0.0691. The second-order valence-corrected chi connectivity index (χ2v) is 4.57. The number of pyridine rings is 1. The third-order valence-electron chi connectivity index (χ3n) is 3.05. The van der Waals surface area contributed by atoms with Gasteiger partial charge in [0.15, 0.2) is 5.78 Å². The van der Waals surface area contributed by atoms with E-state index < -0.39 is 0 Å². The maximum atomic E-state index is 12.1. The summed E-state index contributed by atoms with van der Waals surface area (Å²) in [5.74, 6) is 0.865. The molecule has 0 saturated carbocycles. The minimum atomic E-state index is 0.0691. The van der Waals surface area contributed by atoms with E-state index in [0.29, 0.717) is 18.7 Å². The number of aryl methyl sites for hydroxylation is 1. The van der Waals surface area contributed by atoms with Crippen LogP contribution in [0.3, 0.4) is 0 Å². The Kier molecular flexibility index (Phi) is 4.85. The van der Waals surface area contributed by atoms with Crippen molar-refractivity contribution in [3.63, 3.8) is 0 Å². The van der Waals surface area contributed by atoms with Crippen LogP contribution in [-0.2, 0) is 6.54 Å². The van der Waals surface area contributed by atoms with Crippen LogP contribution < -0.4 is 10.1 Å². The molecule has 4 nitrogen and oxygen atoms in total. The molecule has 4 heteroatoms. The van der Waals surface area contributed by atoms with Gasteiger partial charge in [-0.15, -0.1) is 0 Å². The normalized spacial score (nSPS) is 10.3. The van der Waals surface area contributed by atoms with Gasteiger partial charge in [-0.05, 0) is 42.3 Å². The lowest BCUT2D eigenvalue weighted by atomic mass is 10.1. The van der Waals surface area contributed by atoms with E-state index in [0.717, 1.165) is 16.9 Å². The van der Waals surface area contributed by atoms with Crippen molar-refractivity contribution in [3.8, 4) is 5.75 Å². The summed E-state index contributed by atoms with van der Waals surface area (Å²) in [7, 11) is 1.62. The Morgan fingerprint density at radius 3 is 2.85 bits per heavy atom. The third-order valence-corrected chi connectivity index (χ3v) is 3.05. The molecule has 0 amide bonds. The van der Waals surface area contributed by atoms with Gasteiger partial charge in [0.25, 0.3) is 0 Å². The van der Waals surface area contributed by atoms with Crippen molar-refractivity contribution in [2.45, 2.75) is 13.5 Å². The quantitative estimate of drug-likeness (QED) is 0.819. The molecule has 1 N–H and O–H groups in total. The Balaban J connectivity index is 1.90. The molecule has 0 radical (unpaired) electrons. The molecule has 0 aliphatic rings. The van der Waals surface area contributed by atoms with E-state index in [-0.39, 0.29) is 5.78 Å². The Morgan fingerprint density at radius 2 is 2.20 bits per heavy atom. The van der Waals surface area contributed by atoms with Crippen LogP contribution in [0.5, 0.6) is 5.75 Å². The lowest BCUT2D eigenvalue weighted by molar-refractivity contribution is 0.0990. The highest BCUT2D eigenvalue weighted by molar-refractivity contribution is 5.97. The van der Waals surface area contributed by atoms with Gasteiger partial charge in [-0.3, -0.25) is 9.78 Å². The summed E-state index contributed by atoms with van der Waals surface area (Å²) >= 11 is 0. The fraction of sp³-hybridized carbons (Fsp3) is 0.250. The van der Waals surface area contributed by atoms with Crippen LogP contribution in [0.2, 0.25) is 0 Å². The number of nitrogens with one attached hydrogen (secondary N) is 1. The molecular formula is C16H18N2O2. The summed E-state index contributed by atoms with van der Waals surface area (Å²) in [6.07, 6.45) is 3.52. The monoisotopic (exact) mass is 270 g/mol. The molecule has 1 aromatic carbocycles. The molecule has 0 atom stereocenters. The third kappa shape index (κ3) is 3.65. The maximum Gasteiger partial charge on any atom is 0.176 e. The van der Waals surface area contributed by atoms with Crippen molar-refractivity contribution >= 4 is 5.78 Å². The average Bonchev–Trinajstić information content (AvgIpc) is 2.48. The lowest BCUT2D eigenvalue weighted by Crippen LogP contribution is -2.22. The van der Waals surface area contributed by atoms with Crippen LogP contribution in [0.25, 0.3) is 0 Å². The number of ether oxygens (including phenoxy) is 1. The summed E-state index contributed by atoms with van der Waals surface area (Å²) in [5, 5.41) is 3.13. The van der Waals surface area contributed by atoms with Gasteiger partial charge in [0.2, 0.25) is 0 Å². The van der Waals surface area contributed by atoms with Crippen molar-refractivity contribution < 1.29 is 9.53 Å². The highest BCUT2D eigenvalue weighted by Crippen LogP contribution is 2.18. The second kappa shape index (κ2) is 6.82. The van der Waals surface area contributed by atoms with E-state index in [1.165, 1.54) is 0 Å². The molecule has 20 heavy (non-hydrogen) atoms. The number of benzene rings is 1. The first-order valence-corrected chi connectivity index (χ1v) is 6.48. The molecule has 0 aliphatic heterocycles. The summed E-state index contributed by atoms with van der Waals surface area (Å²) < 4.78 is 5.18. The van der Waals surface area contributed by atoms with Gasteiger partial charge in [-0.25, -0.2) is 0 Å². The number of rotatable bonds is 6. The topological polar surface area (TPSA) is 51.2 Å². The number of hydrogen-bond donors (Lipinski definition) is 1. The summed E-state index contributed by atoms with van der Waals surface area (Å²) in [4.78, 5) is 16.1. The number of nitrogens with zero attached hydrogens (tertiary/aromatic N) is 1. The first kappa shape index (κ1) is 14.2. The summed E-state index contributed by atoms with van der Waals surface area (Å²) in [6.45, 7) is 2.87. The van der Waals surface area contributed by atoms with Gasteiger partial charge in [0.05, 0.1) is 13.7 Å². The van der Waals surface area contributed by atoms with Crippen molar-refractivity contribution in [1.82, 2.24) is 10.3 Å². The highest BCUT2D eigenvalue weighted by atomic mass is 16.5. The Labute approximate surface area is 118 Å². The molecule has 0 spiro atoms. The van der Waals surface area contributed by atoms with Gasteiger partial charge in [0.1, 0.15) is 5.75 Å². The van der Waals surface area contributed by atoms with E-state index in [4.69, 9.17) is 4.74 Å². The number of ketones is 1. The Morgan fingerprint density at radius 1 is 1.35 bits per heavy atom. The zero-order valence-electron chi connectivity index (χ0n) is 11.7. The molecule has 2 aromatic rings. The molecule has 0 fully saturated rings. The number of Topliss-reactive ketones (excluding diaryl/α,β-unsaturated/α-hetero) is 1. The molecule has 1 aromatic heterocycles. The number of aromatic nitrogens is 1. The Bertz CT molecular complexity index is 582. The van der Waals surface area contributed by atoms with Gasteiger partial charge in [-0.1, -0.05) is 6.07 Å². The van der Waals surface area contributed by atoms with Crippen molar-refractivity contribution in [2.75, 3.05) is 13.7 Å². The van der Waals surface area contributed by atoms with Crippen molar-refractivity contribution in [3.05, 3.63) is 59.4 Å². The number of hydrogen-bond acceptors (Lipinski definition) is 4. The zero-order valence-corrected chi connectivity index (χ0v) is 11.7. The van der Waals surface area contributed by atoms with Gasteiger partial charge < -0.3 is 10.1 Å².